The Labute approximate surface area is 180 Å². The van der Waals surface area contributed by atoms with Crippen LogP contribution in [0.4, 0.5) is 0 Å². The fraction of sp³-hybridized carbons (Fsp3) is 0.304. The van der Waals surface area contributed by atoms with E-state index in [0.717, 1.165) is 24.4 Å². The summed E-state index contributed by atoms with van der Waals surface area (Å²) in [5.41, 5.74) is 2.00. The summed E-state index contributed by atoms with van der Waals surface area (Å²) in [6, 6.07) is 18.9. The normalized spacial score (nSPS) is 15.9. The van der Waals surface area contributed by atoms with Crippen LogP contribution in [0.25, 0.3) is 0 Å². The molecule has 2 heterocycles. The van der Waals surface area contributed by atoms with E-state index in [1.54, 1.807) is 0 Å². The number of carbonyl (C=O) groups is 1. The number of benzene rings is 2. The predicted octanol–water partition coefficient (Wildman–Crippen LogP) is 4.08. The van der Waals surface area contributed by atoms with E-state index < -0.39 is 0 Å². The topological polar surface area (TPSA) is 67.4 Å². The molecule has 0 unspecified atom stereocenters. The van der Waals surface area contributed by atoms with Gasteiger partial charge in [-0.1, -0.05) is 41.9 Å². The lowest BCUT2D eigenvalue weighted by Crippen LogP contribution is -2.32. The molecule has 156 valence electrons. The van der Waals surface area contributed by atoms with Gasteiger partial charge in [-0.25, -0.2) is 0 Å². The maximum Gasteiger partial charge on any atom is 0.260 e. The number of rotatable bonds is 8. The number of carbonyl (C=O) groups excluding carboxylic acids is 1. The van der Waals surface area contributed by atoms with Crippen molar-refractivity contribution in [2.75, 3.05) is 26.3 Å². The van der Waals surface area contributed by atoms with Crippen molar-refractivity contribution in [3.8, 4) is 11.5 Å². The van der Waals surface area contributed by atoms with Crippen LogP contribution < -0.4 is 9.47 Å². The first-order valence-corrected chi connectivity index (χ1v) is 10.4. The van der Waals surface area contributed by atoms with Gasteiger partial charge in [-0.2, -0.15) is 5.10 Å². The molecule has 4 rings (SSSR count). The fourth-order valence-electron chi connectivity index (χ4n) is 3.53. The highest BCUT2D eigenvalue weighted by molar-refractivity contribution is 6.32. The zero-order chi connectivity index (χ0) is 20.8. The Hall–Kier alpha value is -2.99. The van der Waals surface area contributed by atoms with Crippen LogP contribution in [0.1, 0.15) is 23.7 Å². The molecule has 7 heteroatoms. The summed E-state index contributed by atoms with van der Waals surface area (Å²) < 4.78 is 11.3. The lowest BCUT2D eigenvalue weighted by Gasteiger charge is -2.16. The number of hydrogen-bond donors (Lipinski definition) is 1. The van der Waals surface area contributed by atoms with Crippen molar-refractivity contribution in [1.29, 1.82) is 0 Å². The minimum Gasteiger partial charge on any atom is -0.492 e. The van der Waals surface area contributed by atoms with E-state index in [2.05, 4.69) is 16.3 Å². The van der Waals surface area contributed by atoms with Crippen molar-refractivity contribution in [2.45, 2.75) is 18.8 Å². The number of halogens is 1. The summed E-state index contributed by atoms with van der Waals surface area (Å²) >= 11 is 6.11. The van der Waals surface area contributed by atoms with Gasteiger partial charge >= 0.3 is 0 Å². The van der Waals surface area contributed by atoms with Gasteiger partial charge in [0.05, 0.1) is 17.3 Å². The average Bonchev–Trinajstić information content (AvgIpc) is 3.44. The van der Waals surface area contributed by atoms with Crippen LogP contribution in [-0.4, -0.2) is 47.3 Å². The first-order chi connectivity index (χ1) is 14.7. The van der Waals surface area contributed by atoms with E-state index in [4.69, 9.17) is 21.1 Å². The Morgan fingerprint density at radius 1 is 1.13 bits per heavy atom. The van der Waals surface area contributed by atoms with Crippen molar-refractivity contribution >= 4 is 17.5 Å². The molecule has 0 bridgehead atoms. The second-order valence-electron chi connectivity index (χ2n) is 7.27. The summed E-state index contributed by atoms with van der Waals surface area (Å²) in [5, 5.41) is 8.14. The van der Waals surface area contributed by atoms with Gasteiger partial charge in [0.1, 0.15) is 11.5 Å². The molecule has 0 spiro atoms. The Morgan fingerprint density at radius 2 is 1.93 bits per heavy atom. The van der Waals surface area contributed by atoms with Gasteiger partial charge in [0.2, 0.25) is 0 Å². The van der Waals surface area contributed by atoms with Crippen molar-refractivity contribution in [3.05, 3.63) is 77.1 Å². The molecule has 1 aliphatic heterocycles. The minimum absolute atomic E-state index is 0.00486. The second-order valence-corrected chi connectivity index (χ2v) is 7.68. The smallest absolute Gasteiger partial charge is 0.260 e. The summed E-state index contributed by atoms with van der Waals surface area (Å²) in [6.45, 7) is 1.95. The number of ether oxygens (including phenoxy) is 2. The number of aromatic amines is 1. The third kappa shape index (κ3) is 5.13. The summed E-state index contributed by atoms with van der Waals surface area (Å²) in [5.74, 6) is 1.63. The highest BCUT2D eigenvalue weighted by Crippen LogP contribution is 2.27. The Morgan fingerprint density at radius 3 is 2.77 bits per heavy atom. The van der Waals surface area contributed by atoms with Crippen LogP contribution in [0, 0.1) is 0 Å². The van der Waals surface area contributed by atoms with Crippen molar-refractivity contribution < 1.29 is 14.3 Å². The van der Waals surface area contributed by atoms with Gasteiger partial charge in [-0.15, -0.1) is 0 Å². The monoisotopic (exact) mass is 425 g/mol. The number of para-hydroxylation sites is 2. The van der Waals surface area contributed by atoms with Crippen molar-refractivity contribution in [2.24, 2.45) is 0 Å². The Bertz CT molecular complexity index is 977. The average molecular weight is 426 g/mol. The molecule has 30 heavy (non-hydrogen) atoms. The molecule has 0 aliphatic carbocycles. The standard InChI is InChI=1S/C23H24ClN3O3/c24-20-8-4-5-9-22(20)29-13-11-18-14-21(26-25-18)17-10-12-27(15-17)23(28)16-30-19-6-2-1-3-7-19/h1-9,14,17H,10-13,15-16H2,(H,25,26)/t17-/m1/s1. The van der Waals surface area contributed by atoms with Gasteiger partial charge in [0.15, 0.2) is 6.61 Å². The van der Waals surface area contributed by atoms with E-state index in [-0.39, 0.29) is 18.4 Å². The van der Waals surface area contributed by atoms with Gasteiger partial charge in [-0.3, -0.25) is 9.89 Å². The van der Waals surface area contributed by atoms with Gasteiger partial charge in [0, 0.05) is 31.1 Å². The third-order valence-corrected chi connectivity index (χ3v) is 5.49. The first kappa shape index (κ1) is 20.3. The van der Waals surface area contributed by atoms with E-state index in [1.807, 2.05) is 59.5 Å². The number of H-pyrrole nitrogens is 1. The lowest BCUT2D eigenvalue weighted by molar-refractivity contribution is -0.132. The van der Waals surface area contributed by atoms with Crippen molar-refractivity contribution in [1.82, 2.24) is 15.1 Å². The zero-order valence-corrected chi connectivity index (χ0v) is 17.3. The highest BCUT2D eigenvalue weighted by atomic mass is 35.5. The molecule has 0 radical (unpaired) electrons. The largest absolute Gasteiger partial charge is 0.492 e. The number of aromatic nitrogens is 2. The van der Waals surface area contributed by atoms with E-state index >= 15 is 0 Å². The summed E-state index contributed by atoms with van der Waals surface area (Å²) in [6.07, 6.45) is 1.61. The molecule has 1 N–H and O–H groups in total. The van der Waals surface area contributed by atoms with E-state index in [0.29, 0.717) is 36.1 Å². The number of likely N-dealkylation sites (tertiary alicyclic amines) is 1. The van der Waals surface area contributed by atoms with Gasteiger partial charge in [-0.05, 0) is 36.8 Å². The van der Waals surface area contributed by atoms with E-state index in [9.17, 15) is 4.79 Å². The number of amides is 1. The lowest BCUT2D eigenvalue weighted by atomic mass is 10.0. The second kappa shape index (κ2) is 9.67. The number of nitrogens with zero attached hydrogens (tertiary/aromatic N) is 2. The maximum atomic E-state index is 12.4. The van der Waals surface area contributed by atoms with Crippen LogP contribution in [0.2, 0.25) is 5.02 Å². The molecule has 1 aromatic heterocycles. The quantitative estimate of drug-likeness (QED) is 0.590. The molecule has 6 nitrogen and oxygen atoms in total. The highest BCUT2D eigenvalue weighted by Gasteiger charge is 2.29. The van der Waals surface area contributed by atoms with E-state index in [1.165, 1.54) is 0 Å². The number of hydrogen-bond acceptors (Lipinski definition) is 4. The van der Waals surface area contributed by atoms with Gasteiger partial charge < -0.3 is 14.4 Å². The fourth-order valence-corrected chi connectivity index (χ4v) is 3.72. The molecule has 1 atom stereocenters. The molecule has 1 amide bonds. The molecule has 2 aromatic carbocycles. The molecule has 1 saturated heterocycles. The first-order valence-electron chi connectivity index (χ1n) is 10.1. The SMILES string of the molecule is O=C(COc1ccccc1)N1CC[C@@H](c2cc(CCOc3ccccc3Cl)[nH]n2)C1. The van der Waals surface area contributed by atoms with Crippen LogP contribution in [0.5, 0.6) is 11.5 Å². The molecular weight excluding hydrogens is 402 g/mol. The van der Waals surface area contributed by atoms with Crippen LogP contribution in [0.15, 0.2) is 60.7 Å². The molecule has 1 aliphatic rings. The van der Waals surface area contributed by atoms with Crippen molar-refractivity contribution in [3.63, 3.8) is 0 Å². The number of nitrogens with one attached hydrogen (secondary N) is 1. The molecule has 3 aromatic rings. The Balaban J connectivity index is 1.24. The molecule has 0 saturated carbocycles. The van der Waals surface area contributed by atoms with Gasteiger partial charge in [0.25, 0.3) is 5.91 Å². The summed E-state index contributed by atoms with van der Waals surface area (Å²) in [7, 11) is 0. The molecule has 1 fully saturated rings. The van der Waals surface area contributed by atoms with Crippen LogP contribution >= 0.6 is 11.6 Å². The van der Waals surface area contributed by atoms with Crippen LogP contribution in [-0.2, 0) is 11.2 Å². The minimum atomic E-state index is 0.00486. The Kier molecular flexibility index (Phi) is 6.54. The summed E-state index contributed by atoms with van der Waals surface area (Å²) in [4.78, 5) is 14.3. The molecular formula is C23H24ClN3O3. The third-order valence-electron chi connectivity index (χ3n) is 5.18. The predicted molar refractivity (Wildman–Crippen MR) is 115 cm³/mol. The zero-order valence-electron chi connectivity index (χ0n) is 16.6. The van der Waals surface area contributed by atoms with Crippen LogP contribution in [0.3, 0.4) is 0 Å². The maximum absolute atomic E-state index is 12.4.